The van der Waals surface area contributed by atoms with Gasteiger partial charge >= 0.3 is 12.1 Å². The third-order valence-corrected chi connectivity index (χ3v) is 7.02. The summed E-state index contributed by atoms with van der Waals surface area (Å²) < 4.78 is 10.5. The van der Waals surface area contributed by atoms with Gasteiger partial charge in [0, 0.05) is 49.8 Å². The number of rotatable bonds is 10. The second-order valence-corrected chi connectivity index (χ2v) is 11.7. The Balaban J connectivity index is 1.49. The highest BCUT2D eigenvalue weighted by atomic mass is 16.6. The summed E-state index contributed by atoms with van der Waals surface area (Å²) in [7, 11) is 0. The summed E-state index contributed by atoms with van der Waals surface area (Å²) in [6, 6.07) is 10.3. The highest BCUT2D eigenvalue weighted by Gasteiger charge is 2.32. The van der Waals surface area contributed by atoms with E-state index in [1.807, 2.05) is 30.3 Å². The third kappa shape index (κ3) is 8.74. The van der Waals surface area contributed by atoms with Gasteiger partial charge in [0.1, 0.15) is 17.3 Å². The molecule has 1 aromatic carbocycles. The molecule has 3 amide bonds. The van der Waals surface area contributed by atoms with Crippen molar-refractivity contribution in [3.63, 3.8) is 0 Å². The summed E-state index contributed by atoms with van der Waals surface area (Å²) >= 11 is 0. The first kappa shape index (κ1) is 30.9. The second kappa shape index (κ2) is 13.8. The van der Waals surface area contributed by atoms with E-state index in [0.29, 0.717) is 44.3 Å². The lowest BCUT2D eigenvalue weighted by molar-refractivity contribution is -0.155. The van der Waals surface area contributed by atoms with Gasteiger partial charge < -0.3 is 24.6 Å². The van der Waals surface area contributed by atoms with E-state index < -0.39 is 23.6 Å². The summed E-state index contributed by atoms with van der Waals surface area (Å²) in [5, 5.41) is 2.89. The van der Waals surface area contributed by atoms with Crippen molar-refractivity contribution in [1.82, 2.24) is 25.1 Å². The average Bonchev–Trinajstić information content (AvgIpc) is 3.82. The Morgan fingerprint density at radius 2 is 1.67 bits per heavy atom. The number of hydrogen-bond acceptors (Lipinski definition) is 8. The number of ether oxygens (including phenoxy) is 2. The van der Waals surface area contributed by atoms with E-state index in [2.05, 4.69) is 10.3 Å². The lowest BCUT2D eigenvalue weighted by Crippen LogP contribution is -2.56. The van der Waals surface area contributed by atoms with Crippen molar-refractivity contribution in [3.05, 3.63) is 47.8 Å². The van der Waals surface area contributed by atoms with Crippen LogP contribution in [0.1, 0.15) is 81.9 Å². The van der Waals surface area contributed by atoms with Gasteiger partial charge in [0.05, 0.1) is 6.61 Å². The Bertz CT molecular complexity index is 1270. The van der Waals surface area contributed by atoms with E-state index in [1.165, 1.54) is 0 Å². The molecule has 0 unspecified atom stereocenters. The van der Waals surface area contributed by atoms with Crippen molar-refractivity contribution in [2.24, 2.45) is 0 Å². The SMILES string of the molecule is CCOC(=O)N1CCN(C(=O)[C@H](CCCC(=O)OC(C)(C)C)NC(=O)c2cc(C3CC3)nc(-c3ccccc3)n2)CC1. The molecule has 11 heteroatoms. The molecule has 1 aromatic heterocycles. The normalized spacial score (nSPS) is 16.0. The molecule has 1 aliphatic heterocycles. The van der Waals surface area contributed by atoms with E-state index in [0.717, 1.165) is 24.1 Å². The predicted octanol–water partition coefficient (Wildman–Crippen LogP) is 3.93. The summed E-state index contributed by atoms with van der Waals surface area (Å²) in [4.78, 5) is 64.2. The van der Waals surface area contributed by atoms with E-state index in [4.69, 9.17) is 14.5 Å². The number of carbonyl (C=O) groups is 4. The van der Waals surface area contributed by atoms with Crippen LogP contribution in [0.4, 0.5) is 4.79 Å². The van der Waals surface area contributed by atoms with Gasteiger partial charge in [0.25, 0.3) is 5.91 Å². The van der Waals surface area contributed by atoms with Gasteiger partial charge in [-0.1, -0.05) is 30.3 Å². The van der Waals surface area contributed by atoms with Gasteiger partial charge in [-0.2, -0.15) is 0 Å². The topological polar surface area (TPSA) is 131 Å². The zero-order valence-corrected chi connectivity index (χ0v) is 24.9. The van der Waals surface area contributed by atoms with Crippen molar-refractivity contribution in [3.8, 4) is 11.4 Å². The molecule has 226 valence electrons. The molecule has 2 heterocycles. The van der Waals surface area contributed by atoms with Crippen LogP contribution in [0.3, 0.4) is 0 Å². The fraction of sp³-hybridized carbons (Fsp3) is 0.548. The molecular weight excluding hydrogens is 538 g/mol. The smallest absolute Gasteiger partial charge is 0.409 e. The van der Waals surface area contributed by atoms with Crippen LogP contribution in [-0.4, -0.2) is 88.1 Å². The fourth-order valence-corrected chi connectivity index (χ4v) is 4.76. The second-order valence-electron chi connectivity index (χ2n) is 11.7. The highest BCUT2D eigenvalue weighted by molar-refractivity contribution is 5.96. The minimum atomic E-state index is -0.881. The summed E-state index contributed by atoms with van der Waals surface area (Å²) in [6.45, 7) is 8.72. The molecule has 1 saturated carbocycles. The Kier molecular flexibility index (Phi) is 10.1. The molecule has 2 fully saturated rings. The number of nitrogens with zero attached hydrogens (tertiary/aromatic N) is 4. The summed E-state index contributed by atoms with van der Waals surface area (Å²) in [5.41, 5.74) is 1.21. The molecule has 1 aliphatic carbocycles. The molecule has 0 radical (unpaired) electrons. The van der Waals surface area contributed by atoms with Crippen LogP contribution in [0.2, 0.25) is 0 Å². The van der Waals surface area contributed by atoms with Crippen LogP contribution in [-0.2, 0) is 19.1 Å². The summed E-state index contributed by atoms with van der Waals surface area (Å²) in [5.74, 6) is -0.342. The monoisotopic (exact) mass is 579 g/mol. The zero-order chi connectivity index (χ0) is 30.3. The molecule has 0 bridgehead atoms. The van der Waals surface area contributed by atoms with Crippen molar-refractivity contribution < 1.29 is 28.7 Å². The molecule has 1 N–H and O–H groups in total. The first-order valence-corrected chi connectivity index (χ1v) is 14.7. The number of piperazine rings is 1. The van der Waals surface area contributed by atoms with Crippen molar-refractivity contribution in [1.29, 1.82) is 0 Å². The first-order chi connectivity index (χ1) is 20.0. The van der Waals surface area contributed by atoms with Crippen LogP contribution in [0, 0.1) is 0 Å². The van der Waals surface area contributed by atoms with Crippen molar-refractivity contribution >= 4 is 23.9 Å². The van der Waals surface area contributed by atoms with Crippen LogP contribution in [0.25, 0.3) is 11.4 Å². The van der Waals surface area contributed by atoms with Crippen LogP contribution >= 0.6 is 0 Å². The fourth-order valence-electron chi connectivity index (χ4n) is 4.76. The van der Waals surface area contributed by atoms with E-state index in [1.54, 1.807) is 43.6 Å². The highest BCUT2D eigenvalue weighted by Crippen LogP contribution is 2.39. The molecule has 1 atom stereocenters. The Labute approximate surface area is 247 Å². The van der Waals surface area contributed by atoms with E-state index >= 15 is 0 Å². The van der Waals surface area contributed by atoms with Gasteiger partial charge in [0.15, 0.2) is 5.82 Å². The Morgan fingerprint density at radius 3 is 2.29 bits per heavy atom. The molecular formula is C31H41N5O6. The number of aromatic nitrogens is 2. The number of benzene rings is 1. The number of nitrogens with one attached hydrogen (secondary N) is 1. The maximum absolute atomic E-state index is 13.7. The lowest BCUT2D eigenvalue weighted by Gasteiger charge is -2.36. The summed E-state index contributed by atoms with van der Waals surface area (Å²) in [6.07, 6.45) is 2.32. The van der Waals surface area contributed by atoms with Crippen molar-refractivity contribution in [2.45, 2.75) is 77.4 Å². The third-order valence-electron chi connectivity index (χ3n) is 7.02. The van der Waals surface area contributed by atoms with E-state index in [-0.39, 0.29) is 37.0 Å². The maximum Gasteiger partial charge on any atom is 0.409 e. The van der Waals surface area contributed by atoms with Crippen LogP contribution in [0.5, 0.6) is 0 Å². The number of esters is 1. The average molecular weight is 580 g/mol. The zero-order valence-electron chi connectivity index (χ0n) is 24.9. The standard InChI is InChI=1S/C31H41N5O6/c1-5-41-30(40)36-18-16-35(17-19-36)29(39)23(12-9-13-26(37)42-31(2,3)4)34-28(38)25-20-24(21-14-15-21)32-27(33-25)22-10-7-6-8-11-22/h6-8,10-11,20-21,23H,5,9,12-19H2,1-4H3,(H,34,38)/t23-/m0/s1. The van der Waals surface area contributed by atoms with E-state index in [9.17, 15) is 19.2 Å². The largest absolute Gasteiger partial charge is 0.460 e. The van der Waals surface area contributed by atoms with Crippen molar-refractivity contribution in [2.75, 3.05) is 32.8 Å². The Hall–Kier alpha value is -4.02. The molecule has 42 heavy (non-hydrogen) atoms. The molecule has 2 aromatic rings. The minimum Gasteiger partial charge on any atom is -0.460 e. The van der Waals surface area contributed by atoms with Crippen LogP contribution in [0.15, 0.2) is 36.4 Å². The number of hydrogen-bond donors (Lipinski definition) is 1. The van der Waals surface area contributed by atoms with Crippen LogP contribution < -0.4 is 5.32 Å². The molecule has 1 saturated heterocycles. The molecule has 4 rings (SSSR count). The molecule has 0 spiro atoms. The van der Waals surface area contributed by atoms with Gasteiger partial charge in [0.2, 0.25) is 5.91 Å². The quantitative estimate of drug-likeness (QED) is 0.419. The molecule has 11 nitrogen and oxygen atoms in total. The van der Waals surface area contributed by atoms with Gasteiger partial charge in [-0.15, -0.1) is 0 Å². The number of carbonyl (C=O) groups excluding carboxylic acids is 4. The van der Waals surface area contributed by atoms with Gasteiger partial charge in [-0.05, 0) is 59.4 Å². The Morgan fingerprint density at radius 1 is 1.00 bits per heavy atom. The first-order valence-electron chi connectivity index (χ1n) is 14.7. The van der Waals surface area contributed by atoms with Gasteiger partial charge in [-0.25, -0.2) is 14.8 Å². The lowest BCUT2D eigenvalue weighted by atomic mass is 10.1. The van der Waals surface area contributed by atoms with Gasteiger partial charge in [-0.3, -0.25) is 14.4 Å². The predicted molar refractivity (Wildman–Crippen MR) is 156 cm³/mol. The maximum atomic E-state index is 13.7. The minimum absolute atomic E-state index is 0.116. The molecule has 2 aliphatic rings. The number of amides is 3.